The zero-order chi connectivity index (χ0) is 15.7. The lowest BCUT2D eigenvalue weighted by molar-refractivity contribution is -0.129. The van der Waals surface area contributed by atoms with Gasteiger partial charge in [0.05, 0.1) is 0 Å². The molecule has 24 heavy (non-hydrogen) atoms. The average Bonchev–Trinajstić information content (AvgIpc) is 2.48. The topological polar surface area (TPSA) is 58.4 Å². The third kappa shape index (κ3) is 5.00. The molecule has 2 atom stereocenters. The maximum Gasteiger partial charge on any atom is 0.223 e. The summed E-state index contributed by atoms with van der Waals surface area (Å²) in [7, 11) is 0. The second kappa shape index (κ2) is 9.61. The van der Waals surface area contributed by atoms with Crippen LogP contribution in [0.5, 0.6) is 0 Å². The average molecular weight is 380 g/mol. The van der Waals surface area contributed by atoms with Gasteiger partial charge in [0.15, 0.2) is 0 Å². The van der Waals surface area contributed by atoms with Crippen molar-refractivity contribution < 1.29 is 4.79 Å². The number of likely N-dealkylation sites (tertiary alicyclic amines) is 1. The van der Waals surface area contributed by atoms with E-state index in [4.69, 9.17) is 5.73 Å². The molecular weight excluding hydrogens is 345 g/mol. The number of piperidine rings is 1. The molecule has 0 spiro atoms. The number of halogens is 2. The molecule has 0 aromatic rings. The summed E-state index contributed by atoms with van der Waals surface area (Å²) >= 11 is 0. The Kier molecular flexibility index (Phi) is 8.81. The van der Waals surface area contributed by atoms with Crippen LogP contribution in [0, 0.1) is 17.8 Å². The number of nitrogens with zero attached hydrogens (tertiary/aromatic N) is 1. The van der Waals surface area contributed by atoms with E-state index in [1.54, 1.807) is 0 Å². The van der Waals surface area contributed by atoms with Crippen molar-refractivity contribution >= 4 is 30.7 Å². The first-order chi connectivity index (χ1) is 10.5. The highest BCUT2D eigenvalue weighted by Crippen LogP contribution is 2.39. The van der Waals surface area contributed by atoms with Crippen LogP contribution in [0.3, 0.4) is 0 Å². The summed E-state index contributed by atoms with van der Waals surface area (Å²) in [6.07, 6.45) is 8.07. The monoisotopic (exact) mass is 379 g/mol. The molecule has 2 saturated carbocycles. The molecule has 3 rings (SSSR count). The molecule has 1 heterocycles. The molecule has 3 aliphatic rings. The van der Waals surface area contributed by atoms with Gasteiger partial charge in [-0.1, -0.05) is 6.42 Å². The Hall–Kier alpha value is -0.0300. The van der Waals surface area contributed by atoms with Crippen molar-refractivity contribution in [1.29, 1.82) is 0 Å². The van der Waals surface area contributed by atoms with Crippen LogP contribution in [0.2, 0.25) is 0 Å². The molecule has 1 amide bonds. The number of nitrogens with two attached hydrogens (primary N) is 1. The predicted octanol–water partition coefficient (Wildman–Crippen LogP) is 2.97. The van der Waals surface area contributed by atoms with Gasteiger partial charge in [-0.2, -0.15) is 0 Å². The van der Waals surface area contributed by atoms with Crippen LogP contribution in [-0.4, -0.2) is 42.0 Å². The van der Waals surface area contributed by atoms with E-state index in [1.807, 2.05) is 0 Å². The van der Waals surface area contributed by atoms with Gasteiger partial charge in [0.2, 0.25) is 5.91 Å². The zero-order valence-corrected chi connectivity index (χ0v) is 16.7. The third-order valence-corrected chi connectivity index (χ3v) is 6.32. The van der Waals surface area contributed by atoms with Gasteiger partial charge in [0, 0.05) is 24.0 Å². The molecule has 3 N–H and O–H groups in total. The highest BCUT2D eigenvalue weighted by molar-refractivity contribution is 5.85. The first kappa shape index (κ1) is 22.0. The van der Waals surface area contributed by atoms with Gasteiger partial charge in [-0.05, 0) is 77.3 Å². The zero-order valence-electron chi connectivity index (χ0n) is 15.1. The Bertz CT molecular complexity index is 386. The van der Waals surface area contributed by atoms with Gasteiger partial charge in [-0.3, -0.25) is 4.79 Å². The van der Waals surface area contributed by atoms with Crippen LogP contribution in [-0.2, 0) is 4.79 Å². The predicted molar refractivity (Wildman–Crippen MR) is 104 cm³/mol. The van der Waals surface area contributed by atoms with E-state index in [-0.39, 0.29) is 30.7 Å². The molecule has 142 valence electrons. The molecular formula is C18H35Cl2N3O. The van der Waals surface area contributed by atoms with Crippen LogP contribution in [0.1, 0.15) is 58.8 Å². The van der Waals surface area contributed by atoms with Gasteiger partial charge < -0.3 is 16.0 Å². The van der Waals surface area contributed by atoms with Crippen LogP contribution in [0.25, 0.3) is 0 Å². The summed E-state index contributed by atoms with van der Waals surface area (Å²) in [5.74, 6) is 1.80. The molecule has 1 aliphatic heterocycles. The summed E-state index contributed by atoms with van der Waals surface area (Å²) in [6.45, 7) is 6.62. The molecule has 0 radical (unpaired) electrons. The Morgan fingerprint density at radius 2 is 1.58 bits per heavy atom. The first-order valence-corrected chi connectivity index (χ1v) is 9.34. The Morgan fingerprint density at radius 1 is 1.04 bits per heavy atom. The van der Waals surface area contributed by atoms with Gasteiger partial charge in [0.25, 0.3) is 0 Å². The highest BCUT2D eigenvalue weighted by atomic mass is 35.5. The number of fused-ring (bicyclic) bond motifs is 2. The van der Waals surface area contributed by atoms with E-state index in [0.29, 0.717) is 35.9 Å². The fourth-order valence-electron chi connectivity index (χ4n) is 4.98. The van der Waals surface area contributed by atoms with Crippen LogP contribution < -0.4 is 11.1 Å². The molecule has 0 aromatic carbocycles. The van der Waals surface area contributed by atoms with Crippen molar-refractivity contribution in [3.05, 3.63) is 0 Å². The van der Waals surface area contributed by atoms with Crippen molar-refractivity contribution in [2.45, 2.75) is 76.9 Å². The largest absolute Gasteiger partial charge is 0.353 e. The summed E-state index contributed by atoms with van der Waals surface area (Å²) in [5.41, 5.74) is 6.19. The van der Waals surface area contributed by atoms with Crippen molar-refractivity contribution in [3.8, 4) is 0 Å². The van der Waals surface area contributed by atoms with E-state index < -0.39 is 0 Å². The summed E-state index contributed by atoms with van der Waals surface area (Å²) in [4.78, 5) is 15.2. The summed E-state index contributed by atoms with van der Waals surface area (Å²) < 4.78 is 0. The lowest BCUT2D eigenvalue weighted by Crippen LogP contribution is -2.55. The van der Waals surface area contributed by atoms with E-state index in [9.17, 15) is 4.79 Å². The van der Waals surface area contributed by atoms with E-state index >= 15 is 0 Å². The normalized spacial score (nSPS) is 34.2. The number of hydrogen-bond donors (Lipinski definition) is 2. The minimum absolute atomic E-state index is 0. The molecule has 6 heteroatoms. The minimum Gasteiger partial charge on any atom is -0.353 e. The van der Waals surface area contributed by atoms with Crippen molar-refractivity contribution in [2.24, 2.45) is 23.5 Å². The van der Waals surface area contributed by atoms with E-state index in [2.05, 4.69) is 24.1 Å². The number of carbonyl (C=O) groups is 1. The summed E-state index contributed by atoms with van der Waals surface area (Å²) in [5, 5.41) is 3.44. The van der Waals surface area contributed by atoms with Crippen molar-refractivity contribution in [2.75, 3.05) is 13.1 Å². The minimum atomic E-state index is 0. The van der Waals surface area contributed by atoms with Crippen molar-refractivity contribution in [1.82, 2.24) is 10.2 Å². The van der Waals surface area contributed by atoms with Gasteiger partial charge in [-0.25, -0.2) is 0 Å². The molecule has 1 saturated heterocycles. The maximum atomic E-state index is 12.7. The lowest BCUT2D eigenvalue weighted by atomic mass is 9.67. The summed E-state index contributed by atoms with van der Waals surface area (Å²) in [6, 6.07) is 1.37. The fourth-order valence-corrected chi connectivity index (χ4v) is 4.98. The van der Waals surface area contributed by atoms with Gasteiger partial charge >= 0.3 is 0 Å². The second-order valence-corrected chi connectivity index (χ2v) is 8.12. The molecule has 2 unspecified atom stereocenters. The number of carbonyl (C=O) groups excluding carboxylic acids is 1. The Morgan fingerprint density at radius 3 is 2.08 bits per heavy atom. The third-order valence-electron chi connectivity index (χ3n) is 6.32. The number of nitrogens with one attached hydrogen (secondary N) is 1. The standard InChI is InChI=1S/C18H33N3O.2ClH/c1-12(2)21-8-6-13(7-9-21)18(22)20-17-14-4-3-5-15(17)11-16(19)10-14;;/h12-17H,3-11,19H2,1-2H3,(H,20,22);2*1H. The van der Waals surface area contributed by atoms with E-state index in [0.717, 1.165) is 38.8 Å². The fraction of sp³-hybridized carbons (Fsp3) is 0.944. The maximum absolute atomic E-state index is 12.7. The van der Waals surface area contributed by atoms with Crippen LogP contribution in [0.4, 0.5) is 0 Å². The van der Waals surface area contributed by atoms with Gasteiger partial charge in [-0.15, -0.1) is 24.8 Å². The molecule has 2 bridgehead atoms. The highest BCUT2D eigenvalue weighted by Gasteiger charge is 2.40. The smallest absolute Gasteiger partial charge is 0.223 e. The first-order valence-electron chi connectivity index (χ1n) is 9.34. The Labute approximate surface area is 159 Å². The van der Waals surface area contributed by atoms with E-state index in [1.165, 1.54) is 19.3 Å². The molecule has 4 nitrogen and oxygen atoms in total. The molecule has 2 aliphatic carbocycles. The van der Waals surface area contributed by atoms with Gasteiger partial charge in [0.1, 0.15) is 0 Å². The molecule has 0 aromatic heterocycles. The van der Waals surface area contributed by atoms with Crippen LogP contribution in [0.15, 0.2) is 0 Å². The lowest BCUT2D eigenvalue weighted by Gasteiger charge is -2.46. The number of hydrogen-bond acceptors (Lipinski definition) is 3. The van der Waals surface area contributed by atoms with Crippen molar-refractivity contribution in [3.63, 3.8) is 0 Å². The van der Waals surface area contributed by atoms with Crippen LogP contribution >= 0.6 is 24.8 Å². The number of amides is 1. The second-order valence-electron chi connectivity index (χ2n) is 8.12. The number of rotatable bonds is 3. The quantitative estimate of drug-likeness (QED) is 0.792. The molecule has 3 fully saturated rings. The SMILES string of the molecule is CC(C)N1CCC(C(=O)NC2C3CCCC2CC(N)C3)CC1.Cl.Cl. The Balaban J connectivity index is 0.00000144.